The van der Waals surface area contributed by atoms with E-state index >= 15 is 0 Å². The number of rotatable bonds is 1. The largest absolute Gasteiger partial charge is 0.316 e. The van der Waals surface area contributed by atoms with E-state index in [4.69, 9.17) is 5.73 Å². The normalized spacial score (nSPS) is 37.1. The van der Waals surface area contributed by atoms with Crippen LogP contribution in [-0.2, 0) is 0 Å². The minimum atomic E-state index is 0.222. The molecule has 66 valence electrons. The number of hydrogen-bond donors (Lipinski definition) is 1. The molecule has 0 bridgehead atoms. The van der Waals surface area contributed by atoms with E-state index in [0.717, 1.165) is 0 Å². The summed E-state index contributed by atoms with van der Waals surface area (Å²) in [6.07, 6.45) is 4.21. The van der Waals surface area contributed by atoms with Crippen molar-refractivity contribution in [3.05, 3.63) is 0 Å². The van der Waals surface area contributed by atoms with Crippen LogP contribution in [0.5, 0.6) is 0 Å². The molecule has 0 aromatic carbocycles. The molecule has 0 radical (unpaired) electrons. The SMILES string of the molecule is CC(N)N1C(C)CCCC1C. The van der Waals surface area contributed by atoms with Crippen molar-refractivity contribution in [3.63, 3.8) is 0 Å². The number of nitrogens with zero attached hydrogens (tertiary/aromatic N) is 1. The minimum absolute atomic E-state index is 0.222. The van der Waals surface area contributed by atoms with E-state index in [9.17, 15) is 0 Å². The highest BCUT2D eigenvalue weighted by molar-refractivity contribution is 4.80. The number of hydrogen-bond acceptors (Lipinski definition) is 2. The Morgan fingerprint density at radius 2 is 1.73 bits per heavy atom. The molecule has 2 heteroatoms. The van der Waals surface area contributed by atoms with Crippen LogP contribution in [0.4, 0.5) is 0 Å². The first-order valence-electron chi connectivity index (χ1n) is 4.66. The summed E-state index contributed by atoms with van der Waals surface area (Å²) in [7, 11) is 0. The molecule has 3 unspecified atom stereocenters. The highest BCUT2D eigenvalue weighted by Crippen LogP contribution is 2.22. The maximum Gasteiger partial charge on any atom is 0.0547 e. The van der Waals surface area contributed by atoms with Crippen LogP contribution in [0.25, 0.3) is 0 Å². The van der Waals surface area contributed by atoms with Crippen LogP contribution in [0.15, 0.2) is 0 Å². The zero-order chi connectivity index (χ0) is 8.43. The van der Waals surface area contributed by atoms with Crippen molar-refractivity contribution in [2.75, 3.05) is 0 Å². The van der Waals surface area contributed by atoms with Crippen LogP contribution < -0.4 is 5.73 Å². The quantitative estimate of drug-likeness (QED) is 0.624. The van der Waals surface area contributed by atoms with Gasteiger partial charge in [0.1, 0.15) is 0 Å². The Labute approximate surface area is 69.8 Å². The molecule has 0 saturated carbocycles. The van der Waals surface area contributed by atoms with Crippen molar-refractivity contribution in [2.45, 2.75) is 58.3 Å². The summed E-state index contributed by atoms with van der Waals surface area (Å²) in [6, 6.07) is 1.36. The molecular weight excluding hydrogens is 136 g/mol. The Kier molecular flexibility index (Phi) is 2.90. The average molecular weight is 156 g/mol. The summed E-state index contributed by atoms with van der Waals surface area (Å²) < 4.78 is 0. The van der Waals surface area contributed by atoms with Gasteiger partial charge in [0.2, 0.25) is 0 Å². The van der Waals surface area contributed by atoms with Gasteiger partial charge in [0, 0.05) is 12.1 Å². The molecule has 1 heterocycles. The number of nitrogens with two attached hydrogens (primary N) is 1. The Hall–Kier alpha value is -0.0800. The zero-order valence-corrected chi connectivity index (χ0v) is 7.88. The van der Waals surface area contributed by atoms with Gasteiger partial charge in [-0.3, -0.25) is 4.90 Å². The third-order valence-electron chi connectivity index (χ3n) is 2.73. The Balaban J connectivity index is 2.55. The third kappa shape index (κ3) is 1.94. The van der Waals surface area contributed by atoms with Crippen molar-refractivity contribution in [2.24, 2.45) is 5.73 Å². The summed E-state index contributed by atoms with van der Waals surface area (Å²) >= 11 is 0. The molecule has 1 aliphatic heterocycles. The van der Waals surface area contributed by atoms with E-state index in [1.807, 2.05) is 0 Å². The molecule has 0 aliphatic carbocycles. The predicted molar refractivity (Wildman–Crippen MR) is 48.3 cm³/mol. The Morgan fingerprint density at radius 1 is 1.27 bits per heavy atom. The van der Waals surface area contributed by atoms with Crippen LogP contribution in [0.1, 0.15) is 40.0 Å². The molecule has 3 atom stereocenters. The standard InChI is InChI=1S/C9H20N2/c1-7-5-4-6-8(2)11(7)9(3)10/h7-9H,4-6,10H2,1-3H3. The van der Waals surface area contributed by atoms with Gasteiger partial charge in [0.05, 0.1) is 6.17 Å². The first kappa shape index (κ1) is 9.01. The number of likely N-dealkylation sites (tertiary alicyclic amines) is 1. The van der Waals surface area contributed by atoms with Crippen molar-refractivity contribution in [1.82, 2.24) is 4.90 Å². The molecule has 0 aromatic heterocycles. The molecule has 2 N–H and O–H groups in total. The van der Waals surface area contributed by atoms with Gasteiger partial charge in [0.15, 0.2) is 0 Å². The van der Waals surface area contributed by atoms with Crippen molar-refractivity contribution in [3.8, 4) is 0 Å². The Morgan fingerprint density at radius 3 is 2.00 bits per heavy atom. The lowest BCUT2D eigenvalue weighted by molar-refractivity contribution is 0.0655. The van der Waals surface area contributed by atoms with E-state index in [1.54, 1.807) is 0 Å². The second kappa shape index (κ2) is 3.55. The molecule has 1 aliphatic rings. The smallest absolute Gasteiger partial charge is 0.0547 e. The van der Waals surface area contributed by atoms with Crippen LogP contribution in [0, 0.1) is 0 Å². The van der Waals surface area contributed by atoms with Crippen molar-refractivity contribution >= 4 is 0 Å². The summed E-state index contributed by atoms with van der Waals surface area (Å²) in [5.74, 6) is 0. The maximum absolute atomic E-state index is 5.87. The van der Waals surface area contributed by atoms with Gasteiger partial charge in [-0.05, 0) is 33.6 Å². The van der Waals surface area contributed by atoms with Gasteiger partial charge in [0.25, 0.3) is 0 Å². The molecule has 1 fully saturated rings. The summed E-state index contributed by atoms with van der Waals surface area (Å²) in [6.45, 7) is 6.64. The highest BCUT2D eigenvalue weighted by Gasteiger charge is 2.26. The second-order valence-corrected chi connectivity index (χ2v) is 3.82. The first-order chi connectivity index (χ1) is 5.13. The topological polar surface area (TPSA) is 29.3 Å². The van der Waals surface area contributed by atoms with Crippen LogP contribution in [0.2, 0.25) is 0 Å². The third-order valence-corrected chi connectivity index (χ3v) is 2.73. The minimum Gasteiger partial charge on any atom is -0.316 e. The molecule has 1 rings (SSSR count). The lowest BCUT2D eigenvalue weighted by Gasteiger charge is -2.41. The monoisotopic (exact) mass is 156 g/mol. The van der Waals surface area contributed by atoms with Crippen molar-refractivity contribution < 1.29 is 0 Å². The number of piperidine rings is 1. The average Bonchev–Trinajstić information content (AvgIpc) is 1.85. The van der Waals surface area contributed by atoms with Gasteiger partial charge in [-0.15, -0.1) is 0 Å². The summed E-state index contributed by atoms with van der Waals surface area (Å²) in [5.41, 5.74) is 5.87. The van der Waals surface area contributed by atoms with E-state index in [2.05, 4.69) is 25.7 Å². The van der Waals surface area contributed by atoms with Gasteiger partial charge < -0.3 is 5.73 Å². The zero-order valence-electron chi connectivity index (χ0n) is 7.88. The van der Waals surface area contributed by atoms with E-state index in [0.29, 0.717) is 12.1 Å². The van der Waals surface area contributed by atoms with E-state index in [1.165, 1.54) is 19.3 Å². The summed E-state index contributed by atoms with van der Waals surface area (Å²) in [5, 5.41) is 0. The molecule has 2 nitrogen and oxygen atoms in total. The van der Waals surface area contributed by atoms with Crippen LogP contribution >= 0.6 is 0 Å². The maximum atomic E-state index is 5.87. The fourth-order valence-corrected chi connectivity index (χ4v) is 2.24. The molecule has 0 amide bonds. The Bertz CT molecular complexity index is 113. The lowest BCUT2D eigenvalue weighted by atomic mass is 9.97. The lowest BCUT2D eigenvalue weighted by Crippen LogP contribution is -2.52. The predicted octanol–water partition coefficient (Wildman–Crippen LogP) is 1.55. The van der Waals surface area contributed by atoms with Gasteiger partial charge in [-0.2, -0.15) is 0 Å². The van der Waals surface area contributed by atoms with Crippen molar-refractivity contribution in [1.29, 1.82) is 0 Å². The van der Waals surface area contributed by atoms with Gasteiger partial charge >= 0.3 is 0 Å². The van der Waals surface area contributed by atoms with E-state index in [-0.39, 0.29) is 6.17 Å². The summed E-state index contributed by atoms with van der Waals surface area (Å²) in [4.78, 5) is 2.42. The van der Waals surface area contributed by atoms with E-state index < -0.39 is 0 Å². The van der Waals surface area contributed by atoms with Gasteiger partial charge in [-0.25, -0.2) is 0 Å². The molecule has 0 aromatic rings. The fourth-order valence-electron chi connectivity index (χ4n) is 2.24. The molecular formula is C9H20N2. The molecule has 11 heavy (non-hydrogen) atoms. The van der Waals surface area contributed by atoms with Crippen LogP contribution in [-0.4, -0.2) is 23.1 Å². The first-order valence-corrected chi connectivity index (χ1v) is 4.66. The molecule has 1 saturated heterocycles. The fraction of sp³-hybridized carbons (Fsp3) is 1.00. The molecule has 0 spiro atoms. The second-order valence-electron chi connectivity index (χ2n) is 3.82. The highest BCUT2D eigenvalue weighted by atomic mass is 15.3. The van der Waals surface area contributed by atoms with Crippen LogP contribution in [0.3, 0.4) is 0 Å². The van der Waals surface area contributed by atoms with Gasteiger partial charge in [-0.1, -0.05) is 6.42 Å².